The summed E-state index contributed by atoms with van der Waals surface area (Å²) in [6.45, 7) is 0. The number of hydrogen-bond acceptors (Lipinski definition) is 1. The summed E-state index contributed by atoms with van der Waals surface area (Å²) in [4.78, 5) is 0. The van der Waals surface area contributed by atoms with Gasteiger partial charge < -0.3 is 0 Å². The van der Waals surface area contributed by atoms with E-state index in [-0.39, 0.29) is 34.1 Å². The van der Waals surface area contributed by atoms with Crippen molar-refractivity contribution >= 4 is 0 Å². The second-order valence-electron chi connectivity index (χ2n) is 0. The van der Waals surface area contributed by atoms with Crippen LogP contribution in [0.4, 0.5) is 0 Å². The van der Waals surface area contributed by atoms with E-state index in [2.05, 4.69) is 15.7 Å². The van der Waals surface area contributed by atoms with Gasteiger partial charge in [-0.3, -0.25) is 0 Å². The maximum absolute atomic E-state index is 7.94. The van der Waals surface area contributed by atoms with Crippen LogP contribution in [0.1, 0.15) is 0 Å². The molecule has 0 unspecified atom stereocenters. The van der Waals surface area contributed by atoms with Crippen LogP contribution < -0.4 is 0 Å². The summed E-state index contributed by atoms with van der Waals surface area (Å²) in [5.41, 5.74) is 0. The molecular formula is CoCuMnO. The Morgan fingerprint density at radius 2 is 1.25 bits per heavy atom. The van der Waals surface area contributed by atoms with Crippen LogP contribution >= 0.6 is 0 Å². The first-order valence-electron chi connectivity index (χ1n) is 0.136. The SMILES string of the molecule is [Cu].[Mn].[O]=[Co]. The Balaban J connectivity index is -0.00000000500. The molecule has 0 aromatic rings. The molecule has 0 aliphatic rings. The average Bonchev–Trinajstić information content (AvgIpc) is 1.00. The van der Waals surface area contributed by atoms with E-state index < -0.39 is 0 Å². The summed E-state index contributed by atoms with van der Waals surface area (Å²) < 4.78 is 7.94. The van der Waals surface area contributed by atoms with E-state index in [0.717, 1.165) is 0 Å². The third-order valence-corrected chi connectivity index (χ3v) is 0. The van der Waals surface area contributed by atoms with Crippen LogP contribution in [-0.4, -0.2) is 0 Å². The molecule has 0 spiro atoms. The molecule has 0 amide bonds. The minimum atomic E-state index is 0. The predicted octanol–water partition coefficient (Wildman–Crippen LogP) is -0.126. The Morgan fingerprint density at radius 3 is 1.25 bits per heavy atom. The zero-order valence-corrected chi connectivity index (χ0v) is 4.58. The quantitative estimate of drug-likeness (QED) is 0.490. The van der Waals surface area contributed by atoms with Gasteiger partial charge in [-0.2, -0.15) is 0 Å². The van der Waals surface area contributed by atoms with Gasteiger partial charge in [-0.05, 0) is 0 Å². The van der Waals surface area contributed by atoms with Crippen molar-refractivity contribution < 1.29 is 53.7 Å². The van der Waals surface area contributed by atoms with Gasteiger partial charge in [0.1, 0.15) is 0 Å². The average molecular weight is 193 g/mol. The van der Waals surface area contributed by atoms with E-state index in [1.54, 1.807) is 0 Å². The van der Waals surface area contributed by atoms with E-state index in [4.69, 9.17) is 3.87 Å². The van der Waals surface area contributed by atoms with Gasteiger partial charge in [-0.15, -0.1) is 0 Å². The van der Waals surface area contributed by atoms with E-state index >= 15 is 0 Å². The zero-order valence-electron chi connectivity index (χ0n) is 1.42. The van der Waals surface area contributed by atoms with Gasteiger partial charge in [0.15, 0.2) is 0 Å². The van der Waals surface area contributed by atoms with Crippen molar-refractivity contribution in [1.82, 2.24) is 0 Å². The molecule has 0 rings (SSSR count). The number of rotatable bonds is 0. The van der Waals surface area contributed by atoms with E-state index in [0.29, 0.717) is 0 Å². The fourth-order valence-corrected chi connectivity index (χ4v) is 0. The Morgan fingerprint density at radius 1 is 1.25 bits per heavy atom. The van der Waals surface area contributed by atoms with E-state index in [9.17, 15) is 0 Å². The van der Waals surface area contributed by atoms with E-state index in [1.807, 2.05) is 0 Å². The molecule has 0 aromatic heterocycles. The van der Waals surface area contributed by atoms with Gasteiger partial charge in [0, 0.05) is 34.1 Å². The monoisotopic (exact) mass is 193 g/mol. The van der Waals surface area contributed by atoms with Crippen LogP contribution in [0.15, 0.2) is 0 Å². The van der Waals surface area contributed by atoms with Crippen molar-refractivity contribution in [2.45, 2.75) is 0 Å². The Bertz CT molecular complexity index is 8.00. The Kier molecular flexibility index (Phi) is 123. The molecule has 0 N–H and O–H groups in total. The number of hydrogen-bond donors (Lipinski definition) is 0. The molecule has 0 aromatic carbocycles. The molecule has 0 fully saturated rings. The van der Waals surface area contributed by atoms with Crippen LogP contribution in [0.5, 0.6) is 0 Å². The van der Waals surface area contributed by atoms with Crippen molar-refractivity contribution in [2.24, 2.45) is 0 Å². The van der Waals surface area contributed by atoms with Crippen molar-refractivity contribution in [3.8, 4) is 0 Å². The molecule has 1 nitrogen and oxygen atoms in total. The normalized spacial score (nSPS) is 1.25. The Hall–Kier alpha value is 1.35. The summed E-state index contributed by atoms with van der Waals surface area (Å²) in [5.74, 6) is 0. The first kappa shape index (κ1) is 18.3. The molecule has 2 radical (unpaired) electrons. The molecule has 4 heteroatoms. The van der Waals surface area contributed by atoms with E-state index in [1.165, 1.54) is 0 Å². The first-order valence-corrected chi connectivity index (χ1v) is 0.561. The second kappa shape index (κ2) is 26.9. The molecule has 4 heavy (non-hydrogen) atoms. The molecule has 0 aliphatic heterocycles. The van der Waals surface area contributed by atoms with Crippen molar-refractivity contribution in [1.29, 1.82) is 0 Å². The van der Waals surface area contributed by atoms with Gasteiger partial charge in [0.05, 0.1) is 0 Å². The second-order valence-corrected chi connectivity index (χ2v) is 0. The van der Waals surface area contributed by atoms with Crippen molar-refractivity contribution in [2.75, 3.05) is 0 Å². The van der Waals surface area contributed by atoms with Gasteiger partial charge in [0.25, 0.3) is 0 Å². The van der Waals surface area contributed by atoms with Gasteiger partial charge >= 0.3 is 19.5 Å². The van der Waals surface area contributed by atoms with Crippen LogP contribution in [0.25, 0.3) is 0 Å². The molecule has 0 saturated carbocycles. The Labute approximate surface area is 53.6 Å². The first-order chi connectivity index (χ1) is 1.00. The summed E-state index contributed by atoms with van der Waals surface area (Å²) in [6, 6.07) is 0. The van der Waals surface area contributed by atoms with Gasteiger partial charge in [-0.25, -0.2) is 0 Å². The molecule has 0 saturated heterocycles. The van der Waals surface area contributed by atoms with Crippen LogP contribution in [0.2, 0.25) is 0 Å². The predicted molar refractivity (Wildman–Crippen MR) is 0.686 cm³/mol. The van der Waals surface area contributed by atoms with Crippen LogP contribution in [0, 0.1) is 0 Å². The zero-order chi connectivity index (χ0) is 2.00. The fourth-order valence-electron chi connectivity index (χ4n) is 0. The summed E-state index contributed by atoms with van der Waals surface area (Å²) >= 11 is 2.31. The topological polar surface area (TPSA) is 17.1 Å². The standard InChI is InChI=1S/Co.Cu.Mn.O. The third-order valence-electron chi connectivity index (χ3n) is 0. The third kappa shape index (κ3) is 10.2. The molecule has 0 heterocycles. The van der Waals surface area contributed by atoms with Crippen molar-refractivity contribution in [3.05, 3.63) is 0 Å². The van der Waals surface area contributed by atoms with Gasteiger partial charge in [0.2, 0.25) is 0 Å². The molecule has 0 bridgehead atoms. The van der Waals surface area contributed by atoms with Gasteiger partial charge in [-0.1, -0.05) is 0 Å². The van der Waals surface area contributed by atoms with Crippen molar-refractivity contribution in [3.63, 3.8) is 0 Å². The summed E-state index contributed by atoms with van der Waals surface area (Å²) in [7, 11) is 0. The summed E-state index contributed by atoms with van der Waals surface area (Å²) in [6.07, 6.45) is 0. The summed E-state index contributed by atoms with van der Waals surface area (Å²) in [5, 5.41) is 0. The minimum absolute atomic E-state index is 0. The molecule has 33 valence electrons. The fraction of sp³-hybridized carbons (Fsp3) is 0. The molecule has 0 atom stereocenters. The van der Waals surface area contributed by atoms with Crippen LogP contribution in [-0.2, 0) is 53.7 Å². The molecular weight excluding hydrogens is 193 g/mol. The molecule has 0 aliphatic carbocycles. The van der Waals surface area contributed by atoms with Crippen LogP contribution in [0.3, 0.4) is 0 Å². The maximum atomic E-state index is 7.94.